The number of carbonyl (C=O) groups excluding carboxylic acids is 2. The summed E-state index contributed by atoms with van der Waals surface area (Å²) in [4.78, 5) is 73.4. The van der Waals surface area contributed by atoms with E-state index in [2.05, 4.69) is 10.6 Å². The molecule has 4 aromatic rings. The average molecular weight is 542 g/mol. The first kappa shape index (κ1) is 27.0. The fourth-order valence-electron chi connectivity index (χ4n) is 4.09. The molecule has 0 saturated heterocycles. The molecule has 2 amide bonds. The lowest BCUT2D eigenvalue weighted by Crippen LogP contribution is -2.18. The lowest BCUT2D eigenvalue weighted by molar-refractivity contribution is 0.0684. The van der Waals surface area contributed by atoms with Crippen LogP contribution in [0.25, 0.3) is 10.8 Å². The third-order valence-corrected chi connectivity index (χ3v) is 5.85. The van der Waals surface area contributed by atoms with Gasteiger partial charge in [0, 0.05) is 33.3 Å². The van der Waals surface area contributed by atoms with E-state index in [1.54, 1.807) is 0 Å². The van der Waals surface area contributed by atoms with Crippen molar-refractivity contribution in [2.45, 2.75) is 0 Å². The van der Waals surface area contributed by atoms with Crippen LogP contribution in [0.5, 0.6) is 0 Å². The van der Waals surface area contributed by atoms with Crippen LogP contribution in [0, 0.1) is 0 Å². The number of carboxylic acid groups (broad SMARTS) is 4. The predicted octanol–water partition coefficient (Wildman–Crippen LogP) is 4.14. The SMILES string of the molecule is O=C(O)c1cccc(NC(=O)c2ccc(C(=O)Nc3cccc(C(=O)O)c3)c3c(C(=O)O)ccc(C(=O)O)c23)c1. The van der Waals surface area contributed by atoms with Crippen molar-refractivity contribution in [3.05, 3.63) is 106 Å². The number of hydrogen-bond acceptors (Lipinski definition) is 6. The van der Waals surface area contributed by atoms with Crippen molar-refractivity contribution in [2.24, 2.45) is 0 Å². The smallest absolute Gasteiger partial charge is 0.336 e. The van der Waals surface area contributed by atoms with E-state index in [9.17, 15) is 49.2 Å². The summed E-state index contributed by atoms with van der Waals surface area (Å²) in [7, 11) is 0. The average Bonchev–Trinajstić information content (AvgIpc) is 2.91. The Kier molecular flexibility index (Phi) is 7.26. The lowest BCUT2D eigenvalue weighted by Gasteiger charge is -2.16. The second-order valence-corrected chi connectivity index (χ2v) is 8.36. The highest BCUT2D eigenvalue weighted by molar-refractivity contribution is 6.26. The van der Waals surface area contributed by atoms with Crippen molar-refractivity contribution >= 4 is 57.8 Å². The summed E-state index contributed by atoms with van der Waals surface area (Å²) >= 11 is 0. The third kappa shape index (κ3) is 5.31. The van der Waals surface area contributed by atoms with Gasteiger partial charge in [-0.15, -0.1) is 0 Å². The molecule has 12 nitrogen and oxygen atoms in total. The zero-order valence-corrected chi connectivity index (χ0v) is 20.2. The first-order chi connectivity index (χ1) is 19.0. The number of amides is 2. The molecular formula is C28H18N2O10. The number of carboxylic acids is 4. The molecule has 0 radical (unpaired) electrons. The molecule has 4 rings (SSSR count). The molecule has 0 saturated carbocycles. The van der Waals surface area contributed by atoms with Crippen LogP contribution in [-0.4, -0.2) is 56.1 Å². The molecule has 0 fully saturated rings. The molecule has 0 aliphatic rings. The molecule has 0 aromatic heterocycles. The van der Waals surface area contributed by atoms with Crippen molar-refractivity contribution in [1.82, 2.24) is 0 Å². The first-order valence-corrected chi connectivity index (χ1v) is 11.3. The number of anilines is 2. The predicted molar refractivity (Wildman–Crippen MR) is 141 cm³/mol. The Bertz CT molecular complexity index is 1630. The van der Waals surface area contributed by atoms with Gasteiger partial charge in [0.05, 0.1) is 22.3 Å². The van der Waals surface area contributed by atoms with Crippen LogP contribution in [0.3, 0.4) is 0 Å². The van der Waals surface area contributed by atoms with Crippen LogP contribution in [0.2, 0.25) is 0 Å². The lowest BCUT2D eigenvalue weighted by atomic mass is 9.90. The van der Waals surface area contributed by atoms with Gasteiger partial charge >= 0.3 is 23.9 Å². The molecule has 0 unspecified atom stereocenters. The van der Waals surface area contributed by atoms with E-state index in [4.69, 9.17) is 0 Å². The second kappa shape index (κ2) is 10.8. The van der Waals surface area contributed by atoms with Gasteiger partial charge < -0.3 is 31.1 Å². The van der Waals surface area contributed by atoms with Crippen LogP contribution in [0.4, 0.5) is 11.4 Å². The van der Waals surface area contributed by atoms with Crippen LogP contribution in [-0.2, 0) is 0 Å². The minimum absolute atomic E-state index is 0.0736. The number of aromatic carboxylic acids is 4. The van der Waals surface area contributed by atoms with E-state index >= 15 is 0 Å². The summed E-state index contributed by atoms with van der Waals surface area (Å²) in [5.74, 6) is -7.28. The summed E-state index contributed by atoms with van der Waals surface area (Å²) in [6.45, 7) is 0. The fourth-order valence-corrected chi connectivity index (χ4v) is 4.09. The van der Waals surface area contributed by atoms with Gasteiger partial charge in [-0.25, -0.2) is 19.2 Å². The number of benzene rings is 4. The molecule has 200 valence electrons. The van der Waals surface area contributed by atoms with Crippen molar-refractivity contribution < 1.29 is 49.2 Å². The van der Waals surface area contributed by atoms with Gasteiger partial charge in [0.25, 0.3) is 11.8 Å². The van der Waals surface area contributed by atoms with Gasteiger partial charge in [0.1, 0.15) is 0 Å². The van der Waals surface area contributed by atoms with Crippen LogP contribution < -0.4 is 10.6 Å². The maximum Gasteiger partial charge on any atom is 0.336 e. The molecule has 0 aliphatic carbocycles. The number of carbonyl (C=O) groups is 6. The molecule has 0 heterocycles. The molecule has 0 atom stereocenters. The quantitative estimate of drug-likeness (QED) is 0.187. The van der Waals surface area contributed by atoms with E-state index in [0.29, 0.717) is 0 Å². The fraction of sp³-hybridized carbons (Fsp3) is 0. The van der Waals surface area contributed by atoms with E-state index in [1.807, 2.05) is 0 Å². The first-order valence-electron chi connectivity index (χ1n) is 11.3. The van der Waals surface area contributed by atoms with Gasteiger partial charge in [-0.05, 0) is 60.7 Å². The summed E-state index contributed by atoms with van der Waals surface area (Å²) in [6.07, 6.45) is 0. The Balaban J connectivity index is 1.89. The highest BCUT2D eigenvalue weighted by atomic mass is 16.4. The topological polar surface area (TPSA) is 207 Å². The van der Waals surface area contributed by atoms with Gasteiger partial charge in [0.15, 0.2) is 0 Å². The van der Waals surface area contributed by atoms with E-state index < -0.39 is 46.8 Å². The Morgan fingerprint density at radius 3 is 1.12 bits per heavy atom. The number of fused-ring (bicyclic) bond motifs is 1. The van der Waals surface area contributed by atoms with Gasteiger partial charge in [0.2, 0.25) is 0 Å². The Morgan fingerprint density at radius 2 is 0.800 bits per heavy atom. The molecule has 0 spiro atoms. The minimum Gasteiger partial charge on any atom is -0.478 e. The minimum atomic E-state index is -1.50. The Hall–Kier alpha value is -6.04. The Labute approximate surface area is 224 Å². The maximum absolute atomic E-state index is 13.3. The van der Waals surface area contributed by atoms with Crippen LogP contribution in [0.15, 0.2) is 72.8 Å². The van der Waals surface area contributed by atoms with E-state index in [-0.39, 0.29) is 44.4 Å². The zero-order valence-electron chi connectivity index (χ0n) is 20.2. The van der Waals surface area contributed by atoms with Gasteiger partial charge in [-0.3, -0.25) is 9.59 Å². The monoisotopic (exact) mass is 542 g/mol. The molecule has 6 N–H and O–H groups in total. The van der Waals surface area contributed by atoms with Crippen molar-refractivity contribution in [3.63, 3.8) is 0 Å². The number of rotatable bonds is 8. The molecule has 12 heteroatoms. The largest absolute Gasteiger partial charge is 0.478 e. The van der Waals surface area contributed by atoms with Gasteiger partial charge in [-0.2, -0.15) is 0 Å². The van der Waals surface area contributed by atoms with Crippen molar-refractivity contribution in [3.8, 4) is 0 Å². The normalized spacial score (nSPS) is 10.5. The van der Waals surface area contributed by atoms with Crippen molar-refractivity contribution in [2.75, 3.05) is 10.6 Å². The zero-order chi connectivity index (χ0) is 29.1. The Morgan fingerprint density at radius 1 is 0.450 bits per heavy atom. The number of nitrogens with one attached hydrogen (secondary N) is 2. The standard InChI is InChI=1S/C28H18N2O10/c31-23(29-15-5-1-3-13(11-15)25(33)34)17-7-8-18(24(32)30-16-6-2-4-14(12-16)26(35)36)22-20(28(39)40)10-9-19(21(17)22)27(37)38/h1-12H,(H,29,31)(H,30,32)(H,33,34)(H,35,36)(H,37,38)(H,39,40). The molecular weight excluding hydrogens is 524 g/mol. The van der Waals surface area contributed by atoms with Gasteiger partial charge in [-0.1, -0.05) is 12.1 Å². The number of hydrogen-bond donors (Lipinski definition) is 6. The highest BCUT2D eigenvalue weighted by Gasteiger charge is 2.26. The summed E-state index contributed by atoms with van der Waals surface area (Å²) in [5.41, 5.74) is -1.61. The summed E-state index contributed by atoms with van der Waals surface area (Å²) in [6, 6.07) is 14.8. The molecule has 40 heavy (non-hydrogen) atoms. The van der Waals surface area contributed by atoms with Crippen molar-refractivity contribution in [1.29, 1.82) is 0 Å². The van der Waals surface area contributed by atoms with Crippen LogP contribution in [0.1, 0.15) is 62.1 Å². The summed E-state index contributed by atoms with van der Waals surface area (Å²) < 4.78 is 0. The van der Waals surface area contributed by atoms with E-state index in [0.717, 1.165) is 24.3 Å². The highest BCUT2D eigenvalue weighted by Crippen LogP contribution is 2.32. The van der Waals surface area contributed by atoms with E-state index in [1.165, 1.54) is 48.5 Å². The molecule has 0 bridgehead atoms. The second-order valence-electron chi connectivity index (χ2n) is 8.36. The molecule has 4 aromatic carbocycles. The summed E-state index contributed by atoms with van der Waals surface area (Å²) in [5, 5.41) is 42.4. The van der Waals surface area contributed by atoms with Crippen LogP contribution >= 0.6 is 0 Å². The molecule has 0 aliphatic heterocycles. The third-order valence-electron chi connectivity index (χ3n) is 5.85. The maximum atomic E-state index is 13.3.